The van der Waals surface area contributed by atoms with Gasteiger partial charge in [-0.25, -0.2) is 4.79 Å². The van der Waals surface area contributed by atoms with Crippen LogP contribution in [0.4, 0.5) is 0 Å². The fourth-order valence-corrected chi connectivity index (χ4v) is 1.40. The molecule has 0 atom stereocenters. The van der Waals surface area contributed by atoms with Crippen molar-refractivity contribution in [2.75, 3.05) is 6.61 Å². The minimum absolute atomic E-state index is 0.345. The third kappa shape index (κ3) is 3.05. The molecule has 0 saturated heterocycles. The van der Waals surface area contributed by atoms with Crippen molar-refractivity contribution in [1.82, 2.24) is 0 Å². The van der Waals surface area contributed by atoms with Crippen LogP contribution in [0, 0.1) is 0 Å². The van der Waals surface area contributed by atoms with Gasteiger partial charge in [-0.05, 0) is 25.0 Å². The predicted octanol–water partition coefficient (Wildman–Crippen LogP) is 2.47. The fraction of sp³-hybridized carbons (Fsp3) is 0.231. The lowest BCUT2D eigenvalue weighted by molar-refractivity contribution is -0.137. The number of benzene rings is 1. The van der Waals surface area contributed by atoms with E-state index in [-0.39, 0.29) is 5.97 Å². The largest absolute Gasteiger partial charge is 0.463 e. The SMILES string of the molecule is CCOC(=O)/C=C(\C)c1ccccc1C=O. The van der Waals surface area contributed by atoms with Crippen LogP contribution in [0.1, 0.15) is 29.8 Å². The van der Waals surface area contributed by atoms with Gasteiger partial charge in [-0.3, -0.25) is 4.79 Å². The van der Waals surface area contributed by atoms with E-state index in [4.69, 9.17) is 4.74 Å². The molecule has 0 spiro atoms. The monoisotopic (exact) mass is 218 g/mol. The summed E-state index contributed by atoms with van der Waals surface area (Å²) in [7, 11) is 0. The summed E-state index contributed by atoms with van der Waals surface area (Å²) in [6.45, 7) is 3.87. The van der Waals surface area contributed by atoms with Gasteiger partial charge in [-0.15, -0.1) is 0 Å². The molecule has 16 heavy (non-hydrogen) atoms. The van der Waals surface area contributed by atoms with Crippen molar-refractivity contribution < 1.29 is 14.3 Å². The average molecular weight is 218 g/mol. The van der Waals surface area contributed by atoms with Crippen LogP contribution in [-0.4, -0.2) is 18.9 Å². The summed E-state index contributed by atoms with van der Waals surface area (Å²) >= 11 is 0. The Morgan fingerprint density at radius 2 is 2.06 bits per heavy atom. The summed E-state index contributed by atoms with van der Waals surface area (Å²) in [5.74, 6) is -0.388. The average Bonchev–Trinajstić information content (AvgIpc) is 2.29. The number of aldehydes is 1. The van der Waals surface area contributed by atoms with Gasteiger partial charge in [0, 0.05) is 11.6 Å². The molecule has 1 aromatic rings. The van der Waals surface area contributed by atoms with Crippen LogP contribution in [0.2, 0.25) is 0 Å². The maximum absolute atomic E-state index is 11.2. The Bertz CT molecular complexity index is 419. The third-order valence-electron chi connectivity index (χ3n) is 2.13. The molecule has 3 heteroatoms. The van der Waals surface area contributed by atoms with Gasteiger partial charge >= 0.3 is 5.97 Å². The van der Waals surface area contributed by atoms with Crippen molar-refractivity contribution in [3.05, 3.63) is 41.5 Å². The van der Waals surface area contributed by atoms with E-state index in [1.807, 2.05) is 6.07 Å². The Morgan fingerprint density at radius 3 is 2.69 bits per heavy atom. The molecule has 0 aliphatic carbocycles. The Balaban J connectivity index is 2.99. The maximum Gasteiger partial charge on any atom is 0.331 e. The van der Waals surface area contributed by atoms with Crippen molar-refractivity contribution >= 4 is 17.8 Å². The van der Waals surface area contributed by atoms with E-state index in [0.717, 1.165) is 17.4 Å². The Labute approximate surface area is 94.7 Å². The molecule has 0 aliphatic rings. The van der Waals surface area contributed by atoms with Gasteiger partial charge in [0.15, 0.2) is 6.29 Å². The lowest BCUT2D eigenvalue weighted by atomic mass is 10.0. The summed E-state index contributed by atoms with van der Waals surface area (Å²) in [6.07, 6.45) is 2.17. The van der Waals surface area contributed by atoms with E-state index in [9.17, 15) is 9.59 Å². The van der Waals surface area contributed by atoms with Gasteiger partial charge in [0.05, 0.1) is 6.61 Å². The zero-order chi connectivity index (χ0) is 12.0. The Kier molecular flexibility index (Phi) is 4.45. The van der Waals surface area contributed by atoms with Crippen LogP contribution in [0.25, 0.3) is 5.57 Å². The number of hydrogen-bond acceptors (Lipinski definition) is 3. The summed E-state index contributed by atoms with van der Waals surface area (Å²) in [5, 5.41) is 0. The van der Waals surface area contributed by atoms with Crippen LogP contribution in [-0.2, 0) is 9.53 Å². The molecule has 1 aromatic carbocycles. The van der Waals surface area contributed by atoms with Crippen LogP contribution in [0.15, 0.2) is 30.3 Å². The fourth-order valence-electron chi connectivity index (χ4n) is 1.40. The minimum Gasteiger partial charge on any atom is -0.463 e. The number of hydrogen-bond donors (Lipinski definition) is 0. The summed E-state index contributed by atoms with van der Waals surface area (Å²) in [6, 6.07) is 7.12. The van der Waals surface area contributed by atoms with Gasteiger partial charge in [0.25, 0.3) is 0 Å². The molecule has 0 bridgehead atoms. The van der Waals surface area contributed by atoms with Crippen molar-refractivity contribution in [1.29, 1.82) is 0 Å². The molecule has 0 radical (unpaired) electrons. The van der Waals surface area contributed by atoms with Gasteiger partial charge in [0.1, 0.15) is 0 Å². The molecule has 0 heterocycles. The molecule has 0 aromatic heterocycles. The van der Waals surface area contributed by atoms with Crippen molar-refractivity contribution in [3.8, 4) is 0 Å². The standard InChI is InChI=1S/C13H14O3/c1-3-16-13(15)8-10(2)12-7-5-4-6-11(12)9-14/h4-9H,3H2,1-2H3/b10-8+. The highest BCUT2D eigenvalue weighted by Gasteiger charge is 2.04. The molecule has 0 saturated carbocycles. The molecular formula is C13H14O3. The zero-order valence-electron chi connectivity index (χ0n) is 9.40. The quantitative estimate of drug-likeness (QED) is 0.443. The second-order valence-corrected chi connectivity index (χ2v) is 3.28. The van der Waals surface area contributed by atoms with Gasteiger partial charge in [0.2, 0.25) is 0 Å². The van der Waals surface area contributed by atoms with E-state index in [1.54, 1.807) is 32.0 Å². The number of rotatable bonds is 4. The number of carbonyl (C=O) groups excluding carboxylic acids is 2. The first-order valence-corrected chi connectivity index (χ1v) is 5.08. The van der Waals surface area contributed by atoms with Crippen molar-refractivity contribution in [3.63, 3.8) is 0 Å². The highest BCUT2D eigenvalue weighted by molar-refractivity contribution is 5.94. The molecular weight excluding hydrogens is 204 g/mol. The molecule has 0 fully saturated rings. The zero-order valence-corrected chi connectivity index (χ0v) is 9.40. The molecule has 0 unspecified atom stereocenters. The molecule has 0 amide bonds. The number of allylic oxidation sites excluding steroid dienone is 1. The third-order valence-corrected chi connectivity index (χ3v) is 2.13. The first-order chi connectivity index (χ1) is 7.69. The van der Waals surface area contributed by atoms with E-state index in [2.05, 4.69) is 0 Å². The summed E-state index contributed by atoms with van der Waals surface area (Å²) < 4.78 is 4.80. The first-order valence-electron chi connectivity index (χ1n) is 5.08. The minimum atomic E-state index is -0.388. The van der Waals surface area contributed by atoms with Gasteiger partial charge in [-0.2, -0.15) is 0 Å². The highest BCUT2D eigenvalue weighted by atomic mass is 16.5. The smallest absolute Gasteiger partial charge is 0.331 e. The van der Waals surface area contributed by atoms with Crippen LogP contribution < -0.4 is 0 Å². The second kappa shape index (κ2) is 5.85. The van der Waals surface area contributed by atoms with E-state index < -0.39 is 0 Å². The number of carbonyl (C=O) groups is 2. The van der Waals surface area contributed by atoms with E-state index in [1.165, 1.54) is 6.08 Å². The Morgan fingerprint density at radius 1 is 1.38 bits per heavy atom. The van der Waals surface area contributed by atoms with Gasteiger partial charge in [-0.1, -0.05) is 24.3 Å². The topological polar surface area (TPSA) is 43.4 Å². The van der Waals surface area contributed by atoms with Crippen LogP contribution in [0.5, 0.6) is 0 Å². The highest BCUT2D eigenvalue weighted by Crippen LogP contribution is 2.17. The summed E-state index contributed by atoms with van der Waals surface area (Å²) in [4.78, 5) is 22.0. The molecule has 0 N–H and O–H groups in total. The Hall–Kier alpha value is -1.90. The number of ether oxygens (including phenoxy) is 1. The predicted molar refractivity (Wildman–Crippen MR) is 62.1 cm³/mol. The lowest BCUT2D eigenvalue weighted by Gasteiger charge is -2.04. The van der Waals surface area contributed by atoms with E-state index >= 15 is 0 Å². The molecule has 0 aliphatic heterocycles. The maximum atomic E-state index is 11.2. The van der Waals surface area contributed by atoms with Crippen LogP contribution in [0.3, 0.4) is 0 Å². The van der Waals surface area contributed by atoms with Gasteiger partial charge < -0.3 is 4.74 Å². The normalized spacial score (nSPS) is 11.0. The van der Waals surface area contributed by atoms with E-state index in [0.29, 0.717) is 12.2 Å². The number of esters is 1. The molecule has 84 valence electrons. The van der Waals surface area contributed by atoms with Crippen molar-refractivity contribution in [2.24, 2.45) is 0 Å². The van der Waals surface area contributed by atoms with Crippen molar-refractivity contribution in [2.45, 2.75) is 13.8 Å². The first kappa shape index (κ1) is 12.2. The second-order valence-electron chi connectivity index (χ2n) is 3.28. The summed E-state index contributed by atoms with van der Waals surface area (Å²) in [5.41, 5.74) is 2.05. The molecule has 3 nitrogen and oxygen atoms in total. The lowest BCUT2D eigenvalue weighted by Crippen LogP contribution is -2.01. The molecule has 1 rings (SSSR count). The van der Waals surface area contributed by atoms with Crippen LogP contribution >= 0.6 is 0 Å².